The van der Waals surface area contributed by atoms with Gasteiger partial charge in [0, 0.05) is 17.4 Å². The van der Waals surface area contributed by atoms with Crippen LogP contribution < -0.4 is 10.2 Å². The second-order valence-electron chi connectivity index (χ2n) is 6.14. The largest absolute Gasteiger partial charge is 0.455 e. The summed E-state index contributed by atoms with van der Waals surface area (Å²) >= 11 is 3.10. The molecule has 0 bridgehead atoms. The quantitative estimate of drug-likeness (QED) is 0.706. The Labute approximate surface area is 167 Å². The fourth-order valence-corrected chi connectivity index (χ4v) is 3.13. The van der Waals surface area contributed by atoms with Crippen LogP contribution in [0.15, 0.2) is 46.9 Å². The Morgan fingerprint density at radius 2 is 1.93 bits per heavy atom. The van der Waals surface area contributed by atoms with Gasteiger partial charge in [-0.25, -0.2) is 8.78 Å². The molecular formula is C19H15BrF2N2O4. The molecule has 2 aromatic carbocycles. The zero-order chi connectivity index (χ0) is 20.3. The molecule has 1 saturated heterocycles. The predicted octanol–water partition coefficient (Wildman–Crippen LogP) is 3.26. The predicted molar refractivity (Wildman–Crippen MR) is 101 cm³/mol. The van der Waals surface area contributed by atoms with Crippen molar-refractivity contribution in [2.45, 2.75) is 6.42 Å². The Kier molecular flexibility index (Phi) is 6.03. The number of nitrogens with one attached hydrogen (secondary N) is 1. The average molecular weight is 453 g/mol. The van der Waals surface area contributed by atoms with Gasteiger partial charge in [-0.3, -0.25) is 14.4 Å². The van der Waals surface area contributed by atoms with E-state index in [1.165, 1.54) is 35.2 Å². The summed E-state index contributed by atoms with van der Waals surface area (Å²) in [4.78, 5) is 37.3. The van der Waals surface area contributed by atoms with Crippen molar-refractivity contribution in [2.75, 3.05) is 23.4 Å². The number of nitrogens with zero attached hydrogens (tertiary/aromatic N) is 1. The minimum atomic E-state index is -0.815. The van der Waals surface area contributed by atoms with Crippen molar-refractivity contribution in [3.05, 3.63) is 58.6 Å². The van der Waals surface area contributed by atoms with Gasteiger partial charge in [-0.05, 0) is 30.3 Å². The zero-order valence-electron chi connectivity index (χ0n) is 14.5. The number of hydrogen-bond acceptors (Lipinski definition) is 4. The third-order valence-electron chi connectivity index (χ3n) is 4.15. The lowest BCUT2D eigenvalue weighted by atomic mass is 10.1. The van der Waals surface area contributed by atoms with Crippen molar-refractivity contribution in [2.24, 2.45) is 5.92 Å². The summed E-state index contributed by atoms with van der Waals surface area (Å²) in [6.45, 7) is -0.666. The molecule has 9 heteroatoms. The molecule has 0 aliphatic carbocycles. The number of benzene rings is 2. The molecular weight excluding hydrogens is 438 g/mol. The first-order chi connectivity index (χ1) is 13.3. The van der Waals surface area contributed by atoms with E-state index < -0.39 is 41.9 Å². The van der Waals surface area contributed by atoms with Crippen molar-refractivity contribution >= 4 is 45.1 Å². The van der Waals surface area contributed by atoms with Crippen molar-refractivity contribution in [3.8, 4) is 0 Å². The molecule has 1 unspecified atom stereocenters. The van der Waals surface area contributed by atoms with E-state index in [0.717, 1.165) is 0 Å². The highest BCUT2D eigenvalue weighted by Crippen LogP contribution is 2.28. The van der Waals surface area contributed by atoms with Gasteiger partial charge >= 0.3 is 5.97 Å². The van der Waals surface area contributed by atoms with Crippen LogP contribution in [0, 0.1) is 17.6 Å². The van der Waals surface area contributed by atoms with Crippen LogP contribution >= 0.6 is 15.9 Å². The third kappa shape index (κ3) is 4.53. The van der Waals surface area contributed by atoms with Crippen LogP contribution in [0.25, 0.3) is 0 Å². The molecule has 1 heterocycles. The van der Waals surface area contributed by atoms with Crippen LogP contribution in [0.2, 0.25) is 0 Å². The zero-order valence-corrected chi connectivity index (χ0v) is 16.0. The molecule has 3 rings (SSSR count). The molecule has 146 valence electrons. The standard InChI is InChI=1S/C19H15BrF2N2O4/c20-12-5-6-15(14(22)8-12)23-17(25)10-28-19(27)11-7-18(26)24(9-11)16-4-2-1-3-13(16)21/h1-6,8,11H,7,9-10H2,(H,23,25). The highest BCUT2D eigenvalue weighted by Gasteiger charge is 2.37. The normalized spacial score (nSPS) is 16.2. The fourth-order valence-electron chi connectivity index (χ4n) is 2.80. The topological polar surface area (TPSA) is 75.7 Å². The molecule has 28 heavy (non-hydrogen) atoms. The van der Waals surface area contributed by atoms with Crippen LogP contribution in [0.3, 0.4) is 0 Å². The Hall–Kier alpha value is -2.81. The van der Waals surface area contributed by atoms with Crippen LogP contribution in [0.4, 0.5) is 20.2 Å². The van der Waals surface area contributed by atoms with Crippen LogP contribution in [-0.2, 0) is 19.1 Å². The number of rotatable bonds is 5. The van der Waals surface area contributed by atoms with Gasteiger partial charge in [-0.2, -0.15) is 0 Å². The first-order valence-corrected chi connectivity index (χ1v) is 9.11. The molecule has 1 N–H and O–H groups in total. The molecule has 0 radical (unpaired) electrons. The second-order valence-corrected chi connectivity index (χ2v) is 7.05. The monoisotopic (exact) mass is 452 g/mol. The maximum absolute atomic E-state index is 13.9. The van der Waals surface area contributed by atoms with Gasteiger partial charge in [-0.15, -0.1) is 0 Å². The average Bonchev–Trinajstić information content (AvgIpc) is 3.04. The molecule has 0 aromatic heterocycles. The van der Waals surface area contributed by atoms with E-state index in [0.29, 0.717) is 4.47 Å². The fraction of sp³-hybridized carbons (Fsp3) is 0.211. The summed E-state index contributed by atoms with van der Waals surface area (Å²) in [5.41, 5.74) is 0.0391. The number of hydrogen-bond donors (Lipinski definition) is 1. The molecule has 2 aromatic rings. The highest BCUT2D eigenvalue weighted by atomic mass is 79.9. The molecule has 0 saturated carbocycles. The van der Waals surface area contributed by atoms with Gasteiger partial charge in [0.2, 0.25) is 5.91 Å². The molecule has 1 atom stereocenters. The molecule has 1 aliphatic heterocycles. The smallest absolute Gasteiger partial charge is 0.311 e. The Morgan fingerprint density at radius 3 is 2.64 bits per heavy atom. The lowest BCUT2D eigenvalue weighted by Crippen LogP contribution is -2.28. The van der Waals surface area contributed by atoms with Crippen LogP contribution in [0.1, 0.15) is 6.42 Å². The van der Waals surface area contributed by atoms with Crippen molar-refractivity contribution in [3.63, 3.8) is 0 Å². The number of ether oxygens (including phenoxy) is 1. The second kappa shape index (κ2) is 8.47. The minimum Gasteiger partial charge on any atom is -0.455 e. The summed E-state index contributed by atoms with van der Waals surface area (Å²) in [6, 6.07) is 9.85. The van der Waals surface area contributed by atoms with E-state index in [9.17, 15) is 23.2 Å². The van der Waals surface area contributed by atoms with Gasteiger partial charge < -0.3 is 15.0 Å². The van der Waals surface area contributed by atoms with Crippen molar-refractivity contribution < 1.29 is 27.9 Å². The van der Waals surface area contributed by atoms with Gasteiger partial charge in [0.25, 0.3) is 5.91 Å². The first-order valence-electron chi connectivity index (χ1n) is 8.31. The molecule has 0 spiro atoms. The Morgan fingerprint density at radius 1 is 1.18 bits per heavy atom. The number of para-hydroxylation sites is 1. The maximum Gasteiger partial charge on any atom is 0.311 e. The first kappa shape index (κ1) is 19.9. The number of halogens is 3. The highest BCUT2D eigenvalue weighted by molar-refractivity contribution is 9.10. The Bertz CT molecular complexity index is 938. The van der Waals surface area contributed by atoms with Crippen molar-refractivity contribution in [1.82, 2.24) is 0 Å². The van der Waals surface area contributed by atoms with E-state index >= 15 is 0 Å². The lowest BCUT2D eigenvalue weighted by molar-refractivity contribution is -0.151. The molecule has 1 aliphatic rings. The van der Waals surface area contributed by atoms with E-state index in [1.807, 2.05) is 0 Å². The van der Waals surface area contributed by atoms with E-state index in [2.05, 4.69) is 21.2 Å². The van der Waals surface area contributed by atoms with E-state index in [1.54, 1.807) is 12.1 Å². The minimum absolute atomic E-state index is 0.0401. The van der Waals surface area contributed by atoms with Gasteiger partial charge in [0.05, 0.1) is 17.3 Å². The van der Waals surface area contributed by atoms with E-state index in [-0.39, 0.29) is 24.3 Å². The maximum atomic E-state index is 13.9. The number of anilines is 2. The van der Waals surface area contributed by atoms with Crippen LogP contribution in [0.5, 0.6) is 0 Å². The third-order valence-corrected chi connectivity index (χ3v) is 4.65. The number of amides is 2. The molecule has 6 nitrogen and oxygen atoms in total. The molecule has 1 fully saturated rings. The van der Waals surface area contributed by atoms with Gasteiger partial charge in [0.15, 0.2) is 6.61 Å². The summed E-state index contributed by atoms with van der Waals surface area (Å²) in [7, 11) is 0. The summed E-state index contributed by atoms with van der Waals surface area (Å²) in [5.74, 6) is -3.90. The summed E-state index contributed by atoms with van der Waals surface area (Å²) < 4.78 is 33.0. The van der Waals surface area contributed by atoms with Gasteiger partial charge in [-0.1, -0.05) is 28.1 Å². The lowest BCUT2D eigenvalue weighted by Gasteiger charge is -2.17. The summed E-state index contributed by atoms with van der Waals surface area (Å²) in [6.07, 6.45) is -0.143. The number of esters is 1. The van der Waals surface area contributed by atoms with Crippen LogP contribution in [-0.4, -0.2) is 30.9 Å². The number of carbonyl (C=O) groups is 3. The van der Waals surface area contributed by atoms with Crippen molar-refractivity contribution in [1.29, 1.82) is 0 Å². The summed E-state index contributed by atoms with van der Waals surface area (Å²) in [5, 5.41) is 2.30. The molecule has 2 amide bonds. The number of carbonyl (C=O) groups excluding carboxylic acids is 3. The SMILES string of the molecule is O=C(COC(=O)C1CC(=O)N(c2ccccc2F)C1)Nc1ccc(Br)cc1F. The Balaban J connectivity index is 1.54. The van der Waals surface area contributed by atoms with E-state index in [4.69, 9.17) is 4.74 Å². The van der Waals surface area contributed by atoms with Gasteiger partial charge in [0.1, 0.15) is 11.6 Å².